The molecule has 0 aromatic heterocycles. The number of non-ortho nitro benzene ring substituents is 1. The third kappa shape index (κ3) is 10.9. The zero-order chi connectivity index (χ0) is 41.4. The maximum atomic E-state index is 12.7. The van der Waals surface area contributed by atoms with E-state index in [2.05, 4.69) is 20.6 Å². The Bertz CT molecular complexity index is 2130. The lowest BCUT2D eigenvalue weighted by Crippen LogP contribution is -2.54. The number of nitrogens with one attached hydrogen (secondary N) is 2. The van der Waals surface area contributed by atoms with Crippen molar-refractivity contribution in [2.75, 3.05) is 31.3 Å². The number of benzene rings is 2. The Morgan fingerprint density at radius 2 is 1.19 bits per heavy atom. The minimum Gasteiger partial charge on any atom is -0.444 e. The maximum absolute atomic E-state index is 12.7. The Balaban J connectivity index is 0.000000374. The normalized spacial score (nSPS) is 22.1. The Morgan fingerprint density at radius 1 is 0.815 bits per heavy atom. The van der Waals surface area contributed by atoms with Crippen LogP contribution in [0.3, 0.4) is 0 Å². The molecule has 4 N–H and O–H groups in total. The van der Waals surface area contributed by atoms with E-state index in [-0.39, 0.29) is 35.4 Å². The molecule has 2 atom stereocenters. The number of nitro groups is 1. The molecule has 54 heavy (non-hydrogen) atoms. The van der Waals surface area contributed by atoms with Crippen LogP contribution < -0.4 is 16.4 Å². The molecule has 0 saturated carbocycles. The van der Waals surface area contributed by atoms with E-state index >= 15 is 0 Å². The van der Waals surface area contributed by atoms with Crippen LogP contribution in [-0.2, 0) is 40.6 Å². The standard InChI is InChI=1S/C16H21ClN4O6S.C16H23ClN4O4S.H2/c1-15(2,3)27-14(22)18-13-19-16(4,9-28(25,26)20(13)5)11-8-10(21(23)24)6-7-12(11)17;1-15(2,3)25-14(22)19-13-20-16(4,9-26(23,24)21(13)5)11-8-10(18)6-7-12(11)17;/h6-8H,9H2,1-5H3,(H,18,19,22);6-8H,9,18H2,1-5H3,(H,19,20,22);1H/t2*16-;/m00./s1. The van der Waals surface area contributed by atoms with E-state index in [1.54, 1.807) is 66.7 Å². The quantitative estimate of drug-likeness (QED) is 0.207. The number of nitrogens with two attached hydrogens (primary N) is 1. The number of amides is 2. The van der Waals surface area contributed by atoms with Crippen molar-refractivity contribution in [2.24, 2.45) is 9.98 Å². The van der Waals surface area contributed by atoms with Crippen molar-refractivity contribution >= 4 is 78.7 Å². The molecule has 2 aliphatic heterocycles. The van der Waals surface area contributed by atoms with Gasteiger partial charge < -0.3 is 15.2 Å². The van der Waals surface area contributed by atoms with Crippen molar-refractivity contribution in [3.05, 3.63) is 67.7 Å². The predicted octanol–water partition coefficient (Wildman–Crippen LogP) is 5.16. The monoisotopic (exact) mass is 836 g/mol. The summed E-state index contributed by atoms with van der Waals surface area (Å²) in [6.45, 7) is 13.2. The minimum absolute atomic E-state index is 0. The molecule has 2 aromatic rings. The van der Waals surface area contributed by atoms with Gasteiger partial charge in [-0.05, 0) is 79.7 Å². The number of alkyl carbamates (subject to hydrolysis) is 2. The summed E-state index contributed by atoms with van der Waals surface area (Å²) < 4.78 is 62.6. The number of ether oxygens (including phenoxy) is 2. The van der Waals surface area contributed by atoms with Gasteiger partial charge >= 0.3 is 12.2 Å². The Hall–Kier alpha value is -4.40. The number of anilines is 1. The van der Waals surface area contributed by atoms with Crippen molar-refractivity contribution in [2.45, 2.75) is 77.7 Å². The van der Waals surface area contributed by atoms with Crippen molar-refractivity contribution in [3.8, 4) is 0 Å². The molecule has 22 heteroatoms. The summed E-state index contributed by atoms with van der Waals surface area (Å²) in [4.78, 5) is 43.4. The highest BCUT2D eigenvalue weighted by molar-refractivity contribution is 7.90. The van der Waals surface area contributed by atoms with Crippen LogP contribution >= 0.6 is 23.2 Å². The van der Waals surface area contributed by atoms with Gasteiger partial charge in [0.15, 0.2) is 0 Å². The van der Waals surface area contributed by atoms with Crippen LogP contribution in [0.5, 0.6) is 0 Å². The number of carbonyl (C=O) groups is 2. The fraction of sp³-hybridized carbons (Fsp3) is 0.500. The summed E-state index contributed by atoms with van der Waals surface area (Å²) in [5, 5.41) is 16.3. The second-order valence-electron chi connectivity index (χ2n) is 14.8. The number of rotatable bonds is 3. The first-order valence-electron chi connectivity index (χ1n) is 16.0. The van der Waals surface area contributed by atoms with Crippen LogP contribution in [0.25, 0.3) is 0 Å². The van der Waals surface area contributed by atoms with E-state index in [1.807, 2.05) is 0 Å². The van der Waals surface area contributed by atoms with Gasteiger partial charge in [0.25, 0.3) is 5.69 Å². The molecule has 0 saturated heterocycles. The summed E-state index contributed by atoms with van der Waals surface area (Å²) in [5.74, 6) is -1.23. The first-order chi connectivity index (χ1) is 24.4. The average Bonchev–Trinajstić information content (AvgIpc) is 2.97. The lowest BCUT2D eigenvalue weighted by atomic mass is 9.94. The van der Waals surface area contributed by atoms with Crippen LogP contribution in [0.4, 0.5) is 21.0 Å². The van der Waals surface area contributed by atoms with E-state index in [1.165, 1.54) is 39.2 Å². The number of hydrogen-bond acceptors (Lipinski definition) is 13. The fourth-order valence-electron chi connectivity index (χ4n) is 5.11. The summed E-state index contributed by atoms with van der Waals surface area (Å²) in [6, 6.07) is 8.47. The van der Waals surface area contributed by atoms with Gasteiger partial charge in [-0.2, -0.15) is 0 Å². The number of carbonyl (C=O) groups excluding carboxylic acids is 2. The van der Waals surface area contributed by atoms with Crippen molar-refractivity contribution in [1.82, 2.24) is 19.2 Å². The first-order valence-corrected chi connectivity index (χ1v) is 20.0. The SMILES string of the molecule is CN1C(NC(=O)OC(C)(C)C)=N[C@](C)(c2cc(N)ccc2Cl)CS1(=O)=O.CN1C(NC(=O)OC(C)(C)C)=N[C@](C)(c2cc([N+](=O)[O-])ccc2Cl)CS1(=O)=O.[HH]. The van der Waals surface area contributed by atoms with Gasteiger partial charge in [0.1, 0.15) is 22.3 Å². The predicted molar refractivity (Wildman–Crippen MR) is 207 cm³/mol. The van der Waals surface area contributed by atoms with Gasteiger partial charge in [-0.1, -0.05) is 23.2 Å². The number of nitrogen functional groups attached to an aromatic ring is 1. The number of halogens is 2. The van der Waals surface area contributed by atoms with Gasteiger partial charge in [-0.15, -0.1) is 0 Å². The lowest BCUT2D eigenvalue weighted by Gasteiger charge is -2.36. The maximum Gasteiger partial charge on any atom is 0.414 e. The molecule has 0 unspecified atom stereocenters. The van der Waals surface area contributed by atoms with Crippen LogP contribution in [0.1, 0.15) is 67.9 Å². The zero-order valence-corrected chi connectivity index (χ0v) is 34.5. The van der Waals surface area contributed by atoms with Crippen LogP contribution in [0.2, 0.25) is 10.0 Å². The van der Waals surface area contributed by atoms with Crippen LogP contribution in [-0.4, -0.2) is 91.3 Å². The molecular weight excluding hydrogens is 791 g/mol. The molecule has 2 heterocycles. The molecule has 0 bridgehead atoms. The third-order valence-corrected chi connectivity index (χ3v) is 12.1. The largest absolute Gasteiger partial charge is 0.444 e. The minimum atomic E-state index is -3.90. The Morgan fingerprint density at radius 3 is 1.56 bits per heavy atom. The topological polar surface area (TPSA) is 245 Å². The summed E-state index contributed by atoms with van der Waals surface area (Å²) >= 11 is 12.4. The molecule has 0 radical (unpaired) electrons. The van der Waals surface area contributed by atoms with Gasteiger partial charge in [0.2, 0.25) is 32.0 Å². The molecule has 2 aromatic carbocycles. The summed E-state index contributed by atoms with van der Waals surface area (Å²) in [6.07, 6.45) is -1.69. The van der Waals surface area contributed by atoms with Gasteiger partial charge in [-0.25, -0.2) is 45.0 Å². The van der Waals surface area contributed by atoms with E-state index in [0.29, 0.717) is 16.3 Å². The van der Waals surface area contributed by atoms with E-state index in [4.69, 9.17) is 38.4 Å². The number of nitro benzene ring substituents is 1. The number of aliphatic imine (C=N–C) groups is 2. The number of sulfonamides is 2. The number of nitrogens with zero attached hydrogens (tertiary/aromatic N) is 5. The Labute approximate surface area is 325 Å². The van der Waals surface area contributed by atoms with Crippen molar-refractivity contribution in [3.63, 3.8) is 0 Å². The highest BCUT2D eigenvalue weighted by Crippen LogP contribution is 2.39. The highest BCUT2D eigenvalue weighted by atomic mass is 35.5. The van der Waals surface area contributed by atoms with E-state index in [9.17, 15) is 36.5 Å². The van der Waals surface area contributed by atoms with Crippen LogP contribution in [0.15, 0.2) is 46.4 Å². The van der Waals surface area contributed by atoms with Gasteiger partial charge in [-0.3, -0.25) is 20.7 Å². The molecule has 300 valence electrons. The molecule has 4 rings (SSSR count). The number of hydrogen-bond donors (Lipinski definition) is 3. The molecule has 0 aliphatic carbocycles. The van der Waals surface area contributed by atoms with Crippen molar-refractivity contribution < 1.29 is 42.2 Å². The summed E-state index contributed by atoms with van der Waals surface area (Å²) in [5.41, 5.74) is 2.38. The van der Waals surface area contributed by atoms with E-state index in [0.717, 1.165) is 8.61 Å². The smallest absolute Gasteiger partial charge is 0.414 e. The van der Waals surface area contributed by atoms with Crippen molar-refractivity contribution in [1.29, 1.82) is 0 Å². The highest BCUT2D eigenvalue weighted by Gasteiger charge is 2.44. The second-order valence-corrected chi connectivity index (χ2v) is 19.6. The van der Waals surface area contributed by atoms with Crippen LogP contribution in [0, 0.1) is 10.1 Å². The number of guanidine groups is 2. The average molecular weight is 838 g/mol. The van der Waals surface area contributed by atoms with E-state index < -0.39 is 65.2 Å². The Kier molecular flexibility index (Phi) is 12.5. The molecular formula is C32H46Cl2N8O10S2. The lowest BCUT2D eigenvalue weighted by molar-refractivity contribution is -0.385. The summed E-state index contributed by atoms with van der Waals surface area (Å²) in [7, 11) is -5.11. The molecule has 2 aliphatic rings. The first kappa shape index (κ1) is 44.0. The second kappa shape index (κ2) is 15.4. The molecule has 18 nitrogen and oxygen atoms in total. The molecule has 2 amide bonds. The van der Waals surface area contributed by atoms with Gasteiger partial charge in [0, 0.05) is 54.5 Å². The third-order valence-electron chi connectivity index (χ3n) is 7.60. The fourth-order valence-corrected chi connectivity index (χ4v) is 8.70. The molecule has 0 spiro atoms. The zero-order valence-electron chi connectivity index (χ0n) is 31.3. The molecule has 0 fully saturated rings. The van der Waals surface area contributed by atoms with Gasteiger partial charge in [0.05, 0.1) is 16.4 Å².